The Morgan fingerprint density at radius 3 is 3.00 bits per heavy atom. The van der Waals surface area contributed by atoms with Crippen molar-refractivity contribution in [1.29, 1.82) is 0 Å². The molecule has 3 heterocycles. The number of amides is 1. The highest BCUT2D eigenvalue weighted by atomic mass is 16.2. The molecule has 3 unspecified atom stereocenters. The van der Waals surface area contributed by atoms with Gasteiger partial charge in [0, 0.05) is 26.1 Å². The van der Waals surface area contributed by atoms with E-state index in [2.05, 4.69) is 20.2 Å². The number of carbonyl (C=O) groups excluding carboxylic acids is 1. The molecule has 2 N–H and O–H groups in total. The van der Waals surface area contributed by atoms with E-state index in [1.165, 1.54) is 32.1 Å². The van der Waals surface area contributed by atoms with Crippen LogP contribution < -0.4 is 5.32 Å². The summed E-state index contributed by atoms with van der Waals surface area (Å²) in [7, 11) is 0. The molecule has 3 aliphatic rings. The largest absolute Gasteiger partial charge is 0.347 e. The summed E-state index contributed by atoms with van der Waals surface area (Å²) < 4.78 is 0. The van der Waals surface area contributed by atoms with Gasteiger partial charge in [0.15, 0.2) is 0 Å². The molecule has 1 aliphatic carbocycles. The molecule has 1 aromatic rings. The Labute approximate surface area is 125 Å². The normalized spacial score (nSPS) is 32.4. The van der Waals surface area contributed by atoms with Gasteiger partial charge in [-0.1, -0.05) is 19.3 Å². The van der Waals surface area contributed by atoms with Crippen LogP contribution in [-0.2, 0) is 17.8 Å². The summed E-state index contributed by atoms with van der Waals surface area (Å²) in [5.41, 5.74) is 2.18. The van der Waals surface area contributed by atoms with Gasteiger partial charge in [-0.15, -0.1) is 0 Å². The smallest absolute Gasteiger partial charge is 0.240 e. The number of H-pyrrole nitrogens is 1. The minimum absolute atomic E-state index is 0.0825. The lowest BCUT2D eigenvalue weighted by Gasteiger charge is -2.42. The van der Waals surface area contributed by atoms with Crippen molar-refractivity contribution < 1.29 is 4.79 Å². The van der Waals surface area contributed by atoms with Gasteiger partial charge in [-0.25, -0.2) is 4.98 Å². The van der Waals surface area contributed by atoms with Crippen LogP contribution in [0.4, 0.5) is 0 Å². The summed E-state index contributed by atoms with van der Waals surface area (Å²) in [4.78, 5) is 22.4. The van der Waals surface area contributed by atoms with E-state index in [0.717, 1.165) is 49.3 Å². The summed E-state index contributed by atoms with van der Waals surface area (Å²) >= 11 is 0. The van der Waals surface area contributed by atoms with Crippen LogP contribution in [-0.4, -0.2) is 39.9 Å². The van der Waals surface area contributed by atoms with Crippen molar-refractivity contribution in [1.82, 2.24) is 20.2 Å². The second kappa shape index (κ2) is 5.44. The van der Waals surface area contributed by atoms with E-state index < -0.39 is 0 Å². The molecule has 1 saturated carbocycles. The zero-order valence-corrected chi connectivity index (χ0v) is 12.5. The van der Waals surface area contributed by atoms with Gasteiger partial charge in [-0.2, -0.15) is 0 Å². The Hall–Kier alpha value is -1.36. The molecule has 1 aromatic heterocycles. The number of nitrogens with zero attached hydrogens (tertiary/aromatic N) is 2. The Morgan fingerprint density at radius 2 is 2.10 bits per heavy atom. The van der Waals surface area contributed by atoms with E-state index in [9.17, 15) is 4.79 Å². The molecule has 0 radical (unpaired) electrons. The zero-order valence-electron chi connectivity index (χ0n) is 12.5. The third-order valence-electron chi connectivity index (χ3n) is 5.63. The van der Waals surface area contributed by atoms with Crippen molar-refractivity contribution in [3.05, 3.63) is 17.7 Å². The molecule has 5 heteroatoms. The third-order valence-corrected chi connectivity index (χ3v) is 5.63. The van der Waals surface area contributed by atoms with Gasteiger partial charge in [-0.05, 0) is 24.7 Å². The molecule has 21 heavy (non-hydrogen) atoms. The molecule has 2 fully saturated rings. The molecule has 0 spiro atoms. The number of hydrogen-bond acceptors (Lipinski definition) is 3. The first kappa shape index (κ1) is 13.3. The van der Waals surface area contributed by atoms with Crippen molar-refractivity contribution in [2.45, 2.75) is 51.1 Å². The number of carbonyl (C=O) groups is 1. The maximum atomic E-state index is 12.8. The first-order valence-electron chi connectivity index (χ1n) is 8.34. The van der Waals surface area contributed by atoms with Crippen LogP contribution in [0, 0.1) is 11.8 Å². The molecular formula is C16H24N4O. The number of aromatic nitrogens is 2. The first-order chi connectivity index (χ1) is 10.3. The van der Waals surface area contributed by atoms with Crippen LogP contribution in [0.1, 0.15) is 43.5 Å². The lowest BCUT2D eigenvalue weighted by atomic mass is 9.75. The molecule has 5 nitrogen and oxygen atoms in total. The number of aromatic amines is 1. The minimum atomic E-state index is -0.0825. The van der Waals surface area contributed by atoms with Crippen molar-refractivity contribution in [3.8, 4) is 0 Å². The van der Waals surface area contributed by atoms with Crippen LogP contribution in [0.3, 0.4) is 0 Å². The Kier molecular flexibility index (Phi) is 3.45. The van der Waals surface area contributed by atoms with Crippen molar-refractivity contribution in [2.75, 3.05) is 13.1 Å². The SMILES string of the molecule is O=C(C1Cc2nc[nH]c2CN1)N1CCC2CCCCC2C1. The number of imidazole rings is 1. The molecular weight excluding hydrogens is 264 g/mol. The molecule has 1 saturated heterocycles. The van der Waals surface area contributed by atoms with E-state index in [0.29, 0.717) is 0 Å². The predicted octanol–water partition coefficient (Wildman–Crippen LogP) is 1.46. The molecule has 4 rings (SSSR count). The average Bonchev–Trinajstić information content (AvgIpc) is 3.01. The van der Waals surface area contributed by atoms with E-state index in [1.807, 2.05) is 0 Å². The van der Waals surface area contributed by atoms with Gasteiger partial charge in [-0.3, -0.25) is 10.1 Å². The van der Waals surface area contributed by atoms with Crippen LogP contribution >= 0.6 is 0 Å². The van der Waals surface area contributed by atoms with Gasteiger partial charge >= 0.3 is 0 Å². The van der Waals surface area contributed by atoms with Crippen LogP contribution in [0.2, 0.25) is 0 Å². The summed E-state index contributed by atoms with van der Waals surface area (Å²) in [6.45, 7) is 2.66. The Morgan fingerprint density at radius 1 is 1.24 bits per heavy atom. The van der Waals surface area contributed by atoms with Gasteiger partial charge < -0.3 is 9.88 Å². The molecule has 2 aliphatic heterocycles. The molecule has 114 valence electrons. The fourth-order valence-electron chi connectivity index (χ4n) is 4.37. The number of fused-ring (bicyclic) bond motifs is 2. The van der Waals surface area contributed by atoms with E-state index >= 15 is 0 Å². The molecule has 0 bridgehead atoms. The highest BCUT2D eigenvalue weighted by molar-refractivity contribution is 5.82. The Bertz CT molecular complexity index is 526. The minimum Gasteiger partial charge on any atom is -0.347 e. The quantitative estimate of drug-likeness (QED) is 0.822. The fraction of sp³-hybridized carbons (Fsp3) is 0.750. The lowest BCUT2D eigenvalue weighted by Crippen LogP contribution is -2.53. The van der Waals surface area contributed by atoms with Gasteiger partial charge in [0.2, 0.25) is 5.91 Å². The topological polar surface area (TPSA) is 61.0 Å². The molecule has 0 aromatic carbocycles. The lowest BCUT2D eigenvalue weighted by molar-refractivity contribution is -0.136. The van der Waals surface area contributed by atoms with E-state index in [4.69, 9.17) is 0 Å². The third kappa shape index (κ3) is 2.48. The van der Waals surface area contributed by atoms with Crippen LogP contribution in [0.5, 0.6) is 0 Å². The average molecular weight is 288 g/mol. The van der Waals surface area contributed by atoms with Gasteiger partial charge in [0.1, 0.15) is 0 Å². The summed E-state index contributed by atoms with van der Waals surface area (Å²) in [5, 5.41) is 3.37. The molecule has 3 atom stereocenters. The number of hydrogen-bond donors (Lipinski definition) is 2. The highest BCUT2D eigenvalue weighted by Gasteiger charge is 2.36. The summed E-state index contributed by atoms with van der Waals surface area (Å²) in [6.07, 6.45) is 9.09. The maximum absolute atomic E-state index is 12.8. The van der Waals surface area contributed by atoms with Crippen molar-refractivity contribution >= 4 is 5.91 Å². The maximum Gasteiger partial charge on any atom is 0.240 e. The predicted molar refractivity (Wildman–Crippen MR) is 79.6 cm³/mol. The summed E-state index contributed by atoms with van der Waals surface area (Å²) in [6, 6.07) is -0.0825. The number of piperidine rings is 1. The number of likely N-dealkylation sites (tertiary alicyclic amines) is 1. The molecule has 1 amide bonds. The summed E-state index contributed by atoms with van der Waals surface area (Å²) in [5.74, 6) is 1.91. The second-order valence-corrected chi connectivity index (χ2v) is 6.84. The van der Waals surface area contributed by atoms with Crippen molar-refractivity contribution in [3.63, 3.8) is 0 Å². The first-order valence-corrected chi connectivity index (χ1v) is 8.34. The monoisotopic (exact) mass is 288 g/mol. The van der Waals surface area contributed by atoms with Crippen molar-refractivity contribution in [2.24, 2.45) is 11.8 Å². The zero-order chi connectivity index (χ0) is 14.2. The standard InChI is InChI=1S/C16H24N4O/c21-16(14-7-13-15(8-17-14)19-10-18-13)20-6-5-11-3-1-2-4-12(11)9-20/h10-12,14,17H,1-9H2,(H,18,19). The van der Waals surface area contributed by atoms with Crippen LogP contribution in [0.15, 0.2) is 6.33 Å². The van der Waals surface area contributed by atoms with E-state index in [-0.39, 0.29) is 11.9 Å². The second-order valence-electron chi connectivity index (χ2n) is 6.84. The van der Waals surface area contributed by atoms with Gasteiger partial charge in [0.25, 0.3) is 0 Å². The highest BCUT2D eigenvalue weighted by Crippen LogP contribution is 2.36. The Balaban J connectivity index is 1.41. The van der Waals surface area contributed by atoms with E-state index in [1.54, 1.807) is 6.33 Å². The number of rotatable bonds is 1. The number of nitrogens with one attached hydrogen (secondary N) is 2. The fourth-order valence-corrected chi connectivity index (χ4v) is 4.37. The van der Waals surface area contributed by atoms with Gasteiger partial charge in [0.05, 0.1) is 23.8 Å². The van der Waals surface area contributed by atoms with Crippen LogP contribution in [0.25, 0.3) is 0 Å².